The second kappa shape index (κ2) is 36.1. The number of hydrogen-bond donors (Lipinski definition) is 10. The van der Waals surface area contributed by atoms with Crippen LogP contribution in [0.1, 0.15) is 123 Å². The van der Waals surface area contributed by atoms with Crippen LogP contribution in [-0.2, 0) is 75.4 Å². The number of carbonyl (C=O) groups is 12. The van der Waals surface area contributed by atoms with Crippen LogP contribution in [0.2, 0.25) is 0 Å². The van der Waals surface area contributed by atoms with Crippen molar-refractivity contribution in [3.63, 3.8) is 0 Å². The highest BCUT2D eigenvalue weighted by Gasteiger charge is 2.30. The van der Waals surface area contributed by atoms with Crippen molar-refractivity contribution in [2.24, 2.45) is 35.0 Å². The zero-order chi connectivity index (χ0) is 57.3. The smallest absolute Gasteiger partial charge is 0.313 e. The van der Waals surface area contributed by atoms with Gasteiger partial charge in [-0.25, -0.2) is 9.59 Å². The van der Waals surface area contributed by atoms with Gasteiger partial charge in [0.1, 0.15) is 25.3 Å². The number of hydrogen-bond acceptors (Lipinski definition) is 16. The maximum absolute atomic E-state index is 13.1. The van der Waals surface area contributed by atoms with Crippen molar-refractivity contribution < 1.29 is 76.9 Å². The molecule has 1 fully saturated rings. The number of anilines is 2. The van der Waals surface area contributed by atoms with Gasteiger partial charge in [0.15, 0.2) is 5.78 Å². The molecule has 13 N–H and O–H groups in total. The van der Waals surface area contributed by atoms with Gasteiger partial charge >= 0.3 is 41.9 Å². The van der Waals surface area contributed by atoms with Gasteiger partial charge in [-0.15, -0.1) is 0 Å². The lowest BCUT2D eigenvalue weighted by Gasteiger charge is -2.25. The molecule has 0 unspecified atom stereocenters. The number of Topliss-reactive ketones (excluding diaryl/α,β-unsaturated/α-hetero) is 1. The van der Waals surface area contributed by atoms with E-state index in [4.69, 9.17) is 31.8 Å². The summed E-state index contributed by atoms with van der Waals surface area (Å²) >= 11 is 0. The number of amides is 8. The highest BCUT2D eigenvalue weighted by atomic mass is 16.6. The molecule has 0 saturated carbocycles. The number of carbonyl (C=O) groups excluding carboxylic acids is 11. The number of nitrogens with one attached hydrogen (secondary N) is 6. The molecule has 0 bridgehead atoms. The standard InChI is InChI=1S/C25H37N5O8.C21H32N4O5.C5H6O3/c1-15(2)22(30-20(32)7-4-8-21(33)34)24(36)29-19(6-5-13-27-25(26)37)23(35)28-18-11-9-17(10-12-18)14-38-16(3)31;1-13(2)19(22)18(27)11-16(5-4-10-24-21(23)29)20(28)25-17-8-6-15(7-9-17)12-30-14(3)26;6-4-2-1-3-5(7)8-4/h9-12,15,19,22H,4-8,13-14H2,1-3H3,(H,28,35)(H,29,36)(H,30,32)(H,33,34)(H3,26,27,37);6-9,13,16,19H,4-5,10-12,22H2,1-3H3,(H,25,28)(H3,23,24,29);1-3H2/t19-,22-;16-,19+;/m01./s1. The summed E-state index contributed by atoms with van der Waals surface area (Å²) in [6, 6.07) is 9.55. The number of ether oxygens (including phenoxy) is 3. The highest BCUT2D eigenvalue weighted by molar-refractivity contribution is 5.99. The first kappa shape index (κ1) is 66.1. The van der Waals surface area contributed by atoms with Crippen LogP contribution in [0.15, 0.2) is 48.5 Å². The minimum atomic E-state index is -1.02. The third-order valence-corrected chi connectivity index (χ3v) is 10.9. The first-order valence-corrected chi connectivity index (χ1v) is 24.7. The third-order valence-electron chi connectivity index (χ3n) is 10.9. The molecule has 0 spiro atoms. The number of carboxylic acids is 1. The van der Waals surface area contributed by atoms with Gasteiger partial charge < -0.3 is 68.4 Å². The Morgan fingerprint density at radius 1 is 0.632 bits per heavy atom. The molecular formula is C51H75N9O16. The van der Waals surface area contributed by atoms with Crippen molar-refractivity contribution in [3.05, 3.63) is 59.7 Å². The molecule has 0 aliphatic carbocycles. The average Bonchev–Trinajstić information content (AvgIpc) is 3.34. The maximum Gasteiger partial charge on any atom is 0.313 e. The van der Waals surface area contributed by atoms with E-state index in [1.807, 2.05) is 13.8 Å². The predicted octanol–water partition coefficient (Wildman–Crippen LogP) is 2.95. The van der Waals surface area contributed by atoms with Crippen molar-refractivity contribution >= 4 is 82.7 Å². The van der Waals surface area contributed by atoms with Crippen molar-refractivity contribution in [1.82, 2.24) is 21.3 Å². The Labute approximate surface area is 441 Å². The number of primary amides is 2. The van der Waals surface area contributed by atoms with Crippen molar-refractivity contribution in [1.29, 1.82) is 0 Å². The normalized spacial score (nSPS) is 13.2. The van der Waals surface area contributed by atoms with Crippen LogP contribution in [0.3, 0.4) is 0 Å². The molecule has 76 heavy (non-hydrogen) atoms. The molecular weight excluding hydrogens is 995 g/mol. The first-order valence-electron chi connectivity index (χ1n) is 24.7. The molecule has 1 aliphatic heterocycles. The second-order valence-electron chi connectivity index (χ2n) is 18.2. The summed E-state index contributed by atoms with van der Waals surface area (Å²) in [7, 11) is 0. The van der Waals surface area contributed by atoms with Gasteiger partial charge in [-0.05, 0) is 85.8 Å². The summed E-state index contributed by atoms with van der Waals surface area (Å²) in [5.74, 6) is -5.54. The fraction of sp³-hybridized carbons (Fsp3) is 0.529. The van der Waals surface area contributed by atoms with Gasteiger partial charge in [-0.3, -0.25) is 47.9 Å². The minimum Gasteiger partial charge on any atom is -0.481 e. The lowest BCUT2D eigenvalue weighted by molar-refractivity contribution is -0.163. The molecule has 420 valence electrons. The van der Waals surface area contributed by atoms with Crippen molar-refractivity contribution in [2.45, 2.75) is 144 Å². The van der Waals surface area contributed by atoms with Gasteiger partial charge in [0.25, 0.3) is 0 Å². The molecule has 2 aromatic carbocycles. The lowest BCUT2D eigenvalue weighted by Crippen LogP contribution is -2.54. The van der Waals surface area contributed by atoms with Crippen LogP contribution < -0.4 is 49.1 Å². The number of esters is 4. The Morgan fingerprint density at radius 3 is 1.51 bits per heavy atom. The van der Waals surface area contributed by atoms with Gasteiger partial charge in [-0.2, -0.15) is 0 Å². The van der Waals surface area contributed by atoms with E-state index in [1.54, 1.807) is 62.4 Å². The molecule has 2 aromatic rings. The van der Waals surface area contributed by atoms with E-state index in [0.717, 1.165) is 11.1 Å². The van der Waals surface area contributed by atoms with E-state index in [-0.39, 0.29) is 93.3 Å². The number of cyclic esters (lactones) is 2. The van der Waals surface area contributed by atoms with Gasteiger partial charge in [0.05, 0.1) is 6.04 Å². The molecule has 25 nitrogen and oxygen atoms in total. The molecule has 4 atom stereocenters. The number of nitrogens with two attached hydrogens (primary N) is 3. The summed E-state index contributed by atoms with van der Waals surface area (Å²) in [6.07, 6.45) is 2.75. The van der Waals surface area contributed by atoms with E-state index in [1.165, 1.54) is 13.8 Å². The van der Waals surface area contributed by atoms with E-state index in [0.29, 0.717) is 56.4 Å². The zero-order valence-corrected chi connectivity index (χ0v) is 44.0. The summed E-state index contributed by atoms with van der Waals surface area (Å²) in [4.78, 5) is 138. The number of carboxylic acid groups (broad SMARTS) is 1. The average molecular weight is 1070 g/mol. The van der Waals surface area contributed by atoms with E-state index < -0.39 is 65.8 Å². The molecule has 0 aromatic heterocycles. The Kier molecular flexibility index (Phi) is 31.3. The van der Waals surface area contributed by atoms with Gasteiger partial charge in [0.2, 0.25) is 23.6 Å². The number of urea groups is 2. The van der Waals surface area contributed by atoms with Crippen LogP contribution in [0.5, 0.6) is 0 Å². The number of benzene rings is 2. The van der Waals surface area contributed by atoms with Crippen molar-refractivity contribution in [2.75, 3.05) is 23.7 Å². The van der Waals surface area contributed by atoms with Crippen LogP contribution in [0.4, 0.5) is 21.0 Å². The number of ketones is 1. The number of aliphatic carboxylic acids is 1. The Hall–Kier alpha value is -7.96. The highest BCUT2D eigenvalue weighted by Crippen LogP contribution is 2.19. The van der Waals surface area contributed by atoms with Crippen LogP contribution in [-0.4, -0.2) is 108 Å². The summed E-state index contributed by atoms with van der Waals surface area (Å²) in [5, 5.41) is 24.4. The molecule has 1 aliphatic rings. The lowest BCUT2D eigenvalue weighted by atomic mass is 9.90. The summed E-state index contributed by atoms with van der Waals surface area (Å²) < 4.78 is 14.1. The molecule has 3 rings (SSSR count). The number of rotatable bonds is 28. The van der Waals surface area contributed by atoms with Crippen molar-refractivity contribution in [3.8, 4) is 0 Å². The van der Waals surface area contributed by atoms with Crippen LogP contribution in [0, 0.1) is 17.8 Å². The van der Waals surface area contributed by atoms with Crippen LogP contribution in [0.25, 0.3) is 0 Å². The molecule has 1 heterocycles. The Balaban J connectivity index is 0.000000673. The molecule has 8 amide bonds. The topological polar surface area (TPSA) is 403 Å². The van der Waals surface area contributed by atoms with Gasteiger partial charge in [-0.1, -0.05) is 52.0 Å². The minimum absolute atomic E-state index is 0.0201. The molecule has 0 radical (unpaired) electrons. The third kappa shape index (κ3) is 30.3. The summed E-state index contributed by atoms with van der Waals surface area (Å²) in [6.45, 7) is 10.5. The second-order valence-corrected chi connectivity index (χ2v) is 18.2. The van der Waals surface area contributed by atoms with E-state index in [2.05, 4.69) is 36.6 Å². The van der Waals surface area contributed by atoms with E-state index >= 15 is 0 Å². The quantitative estimate of drug-likeness (QED) is 0.0253. The van der Waals surface area contributed by atoms with Gasteiger partial charge in [0, 0.05) is 76.3 Å². The fourth-order valence-corrected chi connectivity index (χ4v) is 6.68. The maximum atomic E-state index is 13.1. The Bertz CT molecular complexity index is 2260. The van der Waals surface area contributed by atoms with Crippen LogP contribution >= 0.6 is 0 Å². The fourth-order valence-electron chi connectivity index (χ4n) is 6.68. The Morgan fingerprint density at radius 2 is 1.11 bits per heavy atom. The molecule has 25 heteroatoms. The predicted molar refractivity (Wildman–Crippen MR) is 276 cm³/mol. The largest absolute Gasteiger partial charge is 0.481 e. The monoisotopic (exact) mass is 1070 g/mol. The first-order chi connectivity index (χ1) is 35.8. The van der Waals surface area contributed by atoms with E-state index in [9.17, 15) is 57.5 Å². The SMILES string of the molecule is CC(=O)OCc1ccc(NC(=O)[C@H](CCCNC(N)=O)CC(=O)[C@@H](N)C(C)C)cc1.CC(=O)OCc1ccc(NC(=O)[C@H](CCCNC(N)=O)NC(=O)[C@@H](NC(=O)CCCC(=O)O)C(C)C)cc1.O=C1CCCC(=O)O1. The summed E-state index contributed by atoms with van der Waals surface area (Å²) in [5.41, 5.74) is 18.6. The zero-order valence-electron chi connectivity index (χ0n) is 44.0. The molecule has 1 saturated heterocycles.